The van der Waals surface area contributed by atoms with E-state index in [2.05, 4.69) is 0 Å². The van der Waals surface area contributed by atoms with E-state index >= 15 is 0 Å². The molecule has 92 valence electrons. The van der Waals surface area contributed by atoms with Crippen LogP contribution in [0.15, 0.2) is 30.3 Å². The summed E-state index contributed by atoms with van der Waals surface area (Å²) in [6.45, 7) is 1.90. The van der Waals surface area contributed by atoms with Crippen LogP contribution in [0.5, 0.6) is 0 Å². The minimum Gasteiger partial charge on any atom is -0.458 e. The Morgan fingerprint density at radius 3 is 2.65 bits per heavy atom. The first kappa shape index (κ1) is 12.1. The van der Waals surface area contributed by atoms with Gasteiger partial charge in [0.1, 0.15) is 6.10 Å². The Morgan fingerprint density at radius 1 is 1.35 bits per heavy atom. The second-order valence-electron chi connectivity index (χ2n) is 4.76. The van der Waals surface area contributed by atoms with Crippen molar-refractivity contribution in [1.82, 2.24) is 0 Å². The maximum absolute atomic E-state index is 11.9. The van der Waals surface area contributed by atoms with Gasteiger partial charge in [0.05, 0.1) is 5.92 Å². The van der Waals surface area contributed by atoms with Crippen molar-refractivity contribution in [2.45, 2.75) is 38.3 Å². The third-order valence-corrected chi connectivity index (χ3v) is 3.37. The lowest BCUT2D eigenvalue weighted by molar-refractivity contribution is -0.153. The minimum absolute atomic E-state index is 0.00355. The van der Waals surface area contributed by atoms with E-state index in [4.69, 9.17) is 10.5 Å². The van der Waals surface area contributed by atoms with E-state index in [0.717, 1.165) is 24.8 Å². The number of carbonyl (C=O) groups is 1. The molecule has 1 aliphatic carbocycles. The summed E-state index contributed by atoms with van der Waals surface area (Å²) in [5.41, 5.74) is 6.83. The van der Waals surface area contributed by atoms with Crippen molar-refractivity contribution in [3.8, 4) is 0 Å². The second-order valence-corrected chi connectivity index (χ2v) is 4.76. The van der Waals surface area contributed by atoms with Crippen LogP contribution in [0.2, 0.25) is 0 Å². The van der Waals surface area contributed by atoms with Crippen LogP contribution < -0.4 is 5.73 Å². The fourth-order valence-electron chi connectivity index (χ4n) is 2.29. The summed E-state index contributed by atoms with van der Waals surface area (Å²) < 4.78 is 5.47. The highest BCUT2D eigenvalue weighted by Crippen LogP contribution is 2.27. The highest BCUT2D eigenvalue weighted by molar-refractivity contribution is 5.73. The van der Waals surface area contributed by atoms with Gasteiger partial charge in [-0.15, -0.1) is 0 Å². The molecule has 3 heteroatoms. The van der Waals surface area contributed by atoms with Crippen molar-refractivity contribution >= 4 is 5.97 Å². The second kappa shape index (κ2) is 5.32. The number of esters is 1. The topological polar surface area (TPSA) is 52.3 Å². The molecule has 1 aromatic carbocycles. The molecule has 0 heterocycles. The SMILES string of the molecule is CC(OC(=O)[C@@H]1CC[C@H](N)C1)c1ccccc1. The Hall–Kier alpha value is -1.35. The van der Waals surface area contributed by atoms with E-state index in [1.54, 1.807) is 0 Å². The summed E-state index contributed by atoms with van der Waals surface area (Å²) in [4.78, 5) is 11.9. The van der Waals surface area contributed by atoms with E-state index in [-0.39, 0.29) is 24.0 Å². The fraction of sp³-hybridized carbons (Fsp3) is 0.500. The van der Waals surface area contributed by atoms with Crippen LogP contribution in [-0.4, -0.2) is 12.0 Å². The molecular weight excluding hydrogens is 214 g/mol. The number of nitrogens with two attached hydrogens (primary N) is 1. The Bertz CT molecular complexity index is 377. The summed E-state index contributed by atoms with van der Waals surface area (Å²) >= 11 is 0. The molecule has 0 amide bonds. The van der Waals surface area contributed by atoms with Crippen molar-refractivity contribution in [2.24, 2.45) is 11.7 Å². The number of rotatable bonds is 3. The summed E-state index contributed by atoms with van der Waals surface area (Å²) in [5.74, 6) is -0.106. The molecule has 0 radical (unpaired) electrons. The maximum Gasteiger partial charge on any atom is 0.309 e. The molecule has 0 spiro atoms. The molecule has 0 aliphatic heterocycles. The van der Waals surface area contributed by atoms with Gasteiger partial charge in [-0.05, 0) is 31.7 Å². The molecule has 1 aliphatic rings. The third kappa shape index (κ3) is 3.07. The van der Waals surface area contributed by atoms with E-state index in [9.17, 15) is 4.79 Å². The van der Waals surface area contributed by atoms with Crippen LogP contribution in [0.4, 0.5) is 0 Å². The van der Waals surface area contributed by atoms with Crippen LogP contribution >= 0.6 is 0 Å². The normalized spacial score (nSPS) is 25.5. The first-order valence-corrected chi connectivity index (χ1v) is 6.18. The van der Waals surface area contributed by atoms with Gasteiger partial charge >= 0.3 is 5.97 Å². The lowest BCUT2D eigenvalue weighted by Gasteiger charge is -2.16. The number of benzene rings is 1. The molecule has 3 atom stereocenters. The lowest BCUT2D eigenvalue weighted by atomic mass is 10.1. The van der Waals surface area contributed by atoms with Gasteiger partial charge in [0.2, 0.25) is 0 Å². The van der Waals surface area contributed by atoms with Crippen molar-refractivity contribution in [3.63, 3.8) is 0 Å². The van der Waals surface area contributed by atoms with Gasteiger partial charge in [0.25, 0.3) is 0 Å². The lowest BCUT2D eigenvalue weighted by Crippen LogP contribution is -2.20. The molecule has 1 saturated carbocycles. The van der Waals surface area contributed by atoms with Crippen LogP contribution in [0.25, 0.3) is 0 Å². The highest BCUT2D eigenvalue weighted by Gasteiger charge is 2.29. The third-order valence-electron chi connectivity index (χ3n) is 3.37. The number of carbonyl (C=O) groups excluding carboxylic acids is 1. The quantitative estimate of drug-likeness (QED) is 0.816. The molecule has 17 heavy (non-hydrogen) atoms. The monoisotopic (exact) mass is 233 g/mol. The summed E-state index contributed by atoms with van der Waals surface area (Å²) in [5, 5.41) is 0. The number of hydrogen-bond donors (Lipinski definition) is 1. The van der Waals surface area contributed by atoms with Gasteiger partial charge < -0.3 is 10.5 Å². The zero-order valence-electron chi connectivity index (χ0n) is 10.1. The van der Waals surface area contributed by atoms with Crippen LogP contribution in [-0.2, 0) is 9.53 Å². The molecule has 0 aromatic heterocycles. The van der Waals surface area contributed by atoms with E-state index in [1.165, 1.54) is 0 Å². The standard InChI is InChI=1S/C14H19NO2/c1-10(11-5-3-2-4-6-11)17-14(16)12-7-8-13(15)9-12/h2-6,10,12-13H,7-9,15H2,1H3/t10?,12-,13+/m1/s1. The fourth-order valence-corrected chi connectivity index (χ4v) is 2.29. The minimum atomic E-state index is -0.180. The number of ether oxygens (including phenoxy) is 1. The van der Waals surface area contributed by atoms with Crippen LogP contribution in [0.3, 0.4) is 0 Å². The molecule has 0 bridgehead atoms. The van der Waals surface area contributed by atoms with Crippen molar-refractivity contribution in [3.05, 3.63) is 35.9 Å². The average molecular weight is 233 g/mol. The van der Waals surface area contributed by atoms with E-state index in [1.807, 2.05) is 37.3 Å². The van der Waals surface area contributed by atoms with E-state index < -0.39 is 0 Å². The van der Waals surface area contributed by atoms with Crippen LogP contribution in [0, 0.1) is 5.92 Å². The first-order chi connectivity index (χ1) is 8.16. The van der Waals surface area contributed by atoms with E-state index in [0.29, 0.717) is 0 Å². The maximum atomic E-state index is 11.9. The number of hydrogen-bond acceptors (Lipinski definition) is 3. The van der Waals surface area contributed by atoms with Gasteiger partial charge in [-0.25, -0.2) is 0 Å². The Morgan fingerprint density at radius 2 is 2.06 bits per heavy atom. The molecule has 2 rings (SSSR count). The molecule has 1 unspecified atom stereocenters. The first-order valence-electron chi connectivity index (χ1n) is 6.18. The Balaban J connectivity index is 1.91. The highest BCUT2D eigenvalue weighted by atomic mass is 16.5. The zero-order valence-corrected chi connectivity index (χ0v) is 10.1. The van der Waals surface area contributed by atoms with Gasteiger partial charge in [0, 0.05) is 6.04 Å². The summed E-state index contributed by atoms with van der Waals surface area (Å²) in [6, 6.07) is 9.96. The van der Waals surface area contributed by atoms with Gasteiger partial charge in [0.15, 0.2) is 0 Å². The predicted octanol–water partition coefficient (Wildman–Crippen LogP) is 2.42. The average Bonchev–Trinajstić information content (AvgIpc) is 2.77. The summed E-state index contributed by atoms with van der Waals surface area (Å²) in [6.07, 6.45) is 2.38. The Kier molecular flexibility index (Phi) is 3.79. The van der Waals surface area contributed by atoms with Crippen molar-refractivity contribution in [2.75, 3.05) is 0 Å². The Labute approximate surface area is 102 Å². The summed E-state index contributed by atoms with van der Waals surface area (Å²) in [7, 11) is 0. The molecule has 2 N–H and O–H groups in total. The van der Waals surface area contributed by atoms with Crippen molar-refractivity contribution in [1.29, 1.82) is 0 Å². The van der Waals surface area contributed by atoms with Gasteiger partial charge in [-0.3, -0.25) is 4.79 Å². The molecular formula is C14H19NO2. The van der Waals surface area contributed by atoms with Gasteiger partial charge in [-0.1, -0.05) is 30.3 Å². The molecule has 0 saturated heterocycles. The molecule has 1 fully saturated rings. The van der Waals surface area contributed by atoms with Crippen molar-refractivity contribution < 1.29 is 9.53 Å². The van der Waals surface area contributed by atoms with Gasteiger partial charge in [-0.2, -0.15) is 0 Å². The molecule has 3 nitrogen and oxygen atoms in total. The zero-order chi connectivity index (χ0) is 12.3. The smallest absolute Gasteiger partial charge is 0.309 e. The molecule has 1 aromatic rings. The largest absolute Gasteiger partial charge is 0.458 e. The van der Waals surface area contributed by atoms with Crippen LogP contribution in [0.1, 0.15) is 37.9 Å². The predicted molar refractivity (Wildman–Crippen MR) is 66.3 cm³/mol.